The van der Waals surface area contributed by atoms with Gasteiger partial charge in [0.25, 0.3) is 0 Å². The van der Waals surface area contributed by atoms with E-state index in [4.69, 9.17) is 0 Å². The normalized spacial score (nSPS) is 14.4. The van der Waals surface area contributed by atoms with E-state index in [0.29, 0.717) is 32.4 Å². The molecule has 1 saturated heterocycles. The van der Waals surface area contributed by atoms with Crippen molar-refractivity contribution in [1.82, 2.24) is 19.7 Å². The minimum atomic E-state index is -0.0741. The molecule has 2 aromatic heterocycles. The third-order valence-electron chi connectivity index (χ3n) is 5.98. The Morgan fingerprint density at radius 3 is 2.34 bits per heavy atom. The number of anilines is 1. The van der Waals surface area contributed by atoms with E-state index in [1.165, 1.54) is 0 Å². The first-order valence-corrected chi connectivity index (χ1v) is 11.1. The summed E-state index contributed by atoms with van der Waals surface area (Å²) in [4.78, 5) is 31.1. The molecule has 0 atom stereocenters. The molecule has 0 spiro atoms. The summed E-state index contributed by atoms with van der Waals surface area (Å²) in [6, 6.07) is 13.6. The highest BCUT2D eigenvalue weighted by atomic mass is 16.2. The quantitative estimate of drug-likeness (QED) is 0.645. The van der Waals surface area contributed by atoms with Crippen LogP contribution < -0.4 is 5.32 Å². The molecule has 0 unspecified atom stereocenters. The Morgan fingerprint density at radius 1 is 1.03 bits per heavy atom. The zero-order valence-electron chi connectivity index (χ0n) is 18.6. The van der Waals surface area contributed by atoms with Crippen molar-refractivity contribution in [3.05, 3.63) is 71.8 Å². The summed E-state index contributed by atoms with van der Waals surface area (Å²) in [7, 11) is 0. The van der Waals surface area contributed by atoms with E-state index in [9.17, 15) is 9.59 Å². The third kappa shape index (κ3) is 5.22. The maximum atomic E-state index is 12.7. The summed E-state index contributed by atoms with van der Waals surface area (Å²) in [6.07, 6.45) is 6.08. The Labute approximate surface area is 188 Å². The molecule has 7 heteroatoms. The van der Waals surface area contributed by atoms with E-state index in [-0.39, 0.29) is 17.7 Å². The van der Waals surface area contributed by atoms with Crippen LogP contribution in [0, 0.1) is 19.8 Å². The van der Waals surface area contributed by atoms with Crippen LogP contribution in [0.25, 0.3) is 5.69 Å². The van der Waals surface area contributed by atoms with E-state index in [1.54, 1.807) is 12.4 Å². The molecule has 1 N–H and O–H groups in total. The number of rotatable bonds is 6. The number of benzene rings is 1. The molecule has 1 fully saturated rings. The van der Waals surface area contributed by atoms with Gasteiger partial charge in [0, 0.05) is 49.2 Å². The number of aromatic nitrogens is 3. The van der Waals surface area contributed by atoms with Crippen molar-refractivity contribution in [1.29, 1.82) is 0 Å². The monoisotopic (exact) mass is 431 g/mol. The number of aryl methyl sites for hydroxylation is 3. The second-order valence-electron chi connectivity index (χ2n) is 8.39. The number of piperidine rings is 1. The fraction of sp³-hybridized carbons (Fsp3) is 0.360. The Kier molecular flexibility index (Phi) is 6.63. The van der Waals surface area contributed by atoms with Gasteiger partial charge in [-0.2, -0.15) is 5.10 Å². The molecular weight excluding hydrogens is 402 g/mol. The topological polar surface area (TPSA) is 80.1 Å². The smallest absolute Gasteiger partial charge is 0.227 e. The maximum Gasteiger partial charge on any atom is 0.227 e. The average molecular weight is 432 g/mol. The van der Waals surface area contributed by atoms with Crippen molar-refractivity contribution in [3.8, 4) is 5.69 Å². The van der Waals surface area contributed by atoms with Crippen LogP contribution in [0.3, 0.4) is 0 Å². The molecule has 32 heavy (non-hydrogen) atoms. The number of hydrogen-bond donors (Lipinski definition) is 1. The largest absolute Gasteiger partial charge is 0.343 e. The van der Waals surface area contributed by atoms with Crippen LogP contribution in [0.15, 0.2) is 54.9 Å². The maximum absolute atomic E-state index is 12.7. The van der Waals surface area contributed by atoms with Gasteiger partial charge in [0.15, 0.2) is 0 Å². The predicted molar refractivity (Wildman–Crippen MR) is 124 cm³/mol. The molecule has 166 valence electrons. The van der Waals surface area contributed by atoms with Gasteiger partial charge in [0.2, 0.25) is 11.8 Å². The molecule has 2 amide bonds. The van der Waals surface area contributed by atoms with Crippen LogP contribution in [0.5, 0.6) is 0 Å². The molecule has 0 bridgehead atoms. The van der Waals surface area contributed by atoms with E-state index in [0.717, 1.165) is 34.7 Å². The summed E-state index contributed by atoms with van der Waals surface area (Å²) < 4.78 is 1.89. The van der Waals surface area contributed by atoms with Gasteiger partial charge in [0.05, 0.1) is 11.4 Å². The van der Waals surface area contributed by atoms with Crippen molar-refractivity contribution < 1.29 is 9.59 Å². The Hall–Kier alpha value is -3.48. The molecule has 0 radical (unpaired) electrons. The minimum Gasteiger partial charge on any atom is -0.343 e. The standard InChI is InChI=1S/C25H29N5O2/c1-18-17-19(2)30(28-18)23-6-4-22(5-7-23)27-25(32)21-11-15-29(16-12-21)24(31)8-3-20-9-13-26-14-10-20/h4-7,9-10,13-14,17,21H,3,8,11-12,15-16H2,1-2H3,(H,27,32). The summed E-state index contributed by atoms with van der Waals surface area (Å²) in [5.74, 6) is 0.100. The van der Waals surface area contributed by atoms with Crippen LogP contribution in [0.4, 0.5) is 5.69 Å². The highest BCUT2D eigenvalue weighted by Gasteiger charge is 2.27. The first-order chi connectivity index (χ1) is 15.5. The number of nitrogens with zero attached hydrogens (tertiary/aromatic N) is 4. The van der Waals surface area contributed by atoms with Crippen LogP contribution >= 0.6 is 0 Å². The highest BCUT2D eigenvalue weighted by Crippen LogP contribution is 2.21. The number of nitrogens with one attached hydrogen (secondary N) is 1. The first-order valence-electron chi connectivity index (χ1n) is 11.1. The predicted octanol–water partition coefficient (Wildman–Crippen LogP) is 3.69. The second-order valence-corrected chi connectivity index (χ2v) is 8.39. The van der Waals surface area contributed by atoms with Gasteiger partial charge in [-0.25, -0.2) is 4.68 Å². The molecule has 1 aromatic carbocycles. The molecule has 0 saturated carbocycles. The van der Waals surface area contributed by atoms with Crippen molar-refractivity contribution in [2.45, 2.75) is 39.5 Å². The Morgan fingerprint density at radius 2 is 1.72 bits per heavy atom. The van der Waals surface area contributed by atoms with Crippen molar-refractivity contribution >= 4 is 17.5 Å². The number of hydrogen-bond acceptors (Lipinski definition) is 4. The lowest BCUT2D eigenvalue weighted by Crippen LogP contribution is -2.41. The minimum absolute atomic E-state index is 0.0211. The van der Waals surface area contributed by atoms with Crippen molar-refractivity contribution in [2.24, 2.45) is 5.92 Å². The number of likely N-dealkylation sites (tertiary alicyclic amines) is 1. The lowest BCUT2D eigenvalue weighted by molar-refractivity contribution is -0.134. The average Bonchev–Trinajstić information content (AvgIpc) is 3.16. The summed E-state index contributed by atoms with van der Waals surface area (Å²) in [5, 5.41) is 7.51. The van der Waals surface area contributed by atoms with Crippen LogP contribution in [-0.2, 0) is 16.0 Å². The van der Waals surface area contributed by atoms with Gasteiger partial charge in [-0.15, -0.1) is 0 Å². The first kappa shape index (κ1) is 21.7. The van der Waals surface area contributed by atoms with Crippen molar-refractivity contribution in [3.63, 3.8) is 0 Å². The number of pyridine rings is 1. The SMILES string of the molecule is Cc1cc(C)n(-c2ccc(NC(=O)C3CCN(C(=O)CCc4ccncc4)CC3)cc2)n1. The molecule has 0 aliphatic carbocycles. The lowest BCUT2D eigenvalue weighted by atomic mass is 9.95. The summed E-state index contributed by atoms with van der Waals surface area (Å²) in [5.41, 5.74) is 4.90. The van der Waals surface area contributed by atoms with Crippen LogP contribution in [0.2, 0.25) is 0 Å². The van der Waals surface area contributed by atoms with Gasteiger partial charge in [-0.1, -0.05) is 0 Å². The van der Waals surface area contributed by atoms with Crippen molar-refractivity contribution in [2.75, 3.05) is 18.4 Å². The summed E-state index contributed by atoms with van der Waals surface area (Å²) >= 11 is 0. The number of amides is 2. The Balaban J connectivity index is 1.25. The molecule has 1 aliphatic heterocycles. The van der Waals surface area contributed by atoms with E-state index < -0.39 is 0 Å². The van der Waals surface area contributed by atoms with Crippen LogP contribution in [0.1, 0.15) is 36.2 Å². The van der Waals surface area contributed by atoms with Gasteiger partial charge >= 0.3 is 0 Å². The lowest BCUT2D eigenvalue weighted by Gasteiger charge is -2.31. The van der Waals surface area contributed by atoms with Gasteiger partial charge in [-0.3, -0.25) is 14.6 Å². The fourth-order valence-electron chi connectivity index (χ4n) is 4.17. The van der Waals surface area contributed by atoms with E-state index in [2.05, 4.69) is 15.4 Å². The number of carbonyl (C=O) groups excluding carboxylic acids is 2. The zero-order valence-corrected chi connectivity index (χ0v) is 18.6. The molecule has 4 rings (SSSR count). The number of carbonyl (C=O) groups is 2. The molecular formula is C25H29N5O2. The van der Waals surface area contributed by atoms with Crippen LogP contribution in [-0.4, -0.2) is 44.6 Å². The van der Waals surface area contributed by atoms with Gasteiger partial charge in [0.1, 0.15) is 0 Å². The van der Waals surface area contributed by atoms with Gasteiger partial charge in [-0.05, 0) is 81.1 Å². The molecule has 3 heterocycles. The molecule has 1 aliphatic rings. The van der Waals surface area contributed by atoms with E-state index in [1.807, 2.05) is 65.9 Å². The molecule has 7 nitrogen and oxygen atoms in total. The highest BCUT2D eigenvalue weighted by molar-refractivity contribution is 5.92. The van der Waals surface area contributed by atoms with Gasteiger partial charge < -0.3 is 10.2 Å². The second kappa shape index (κ2) is 9.77. The molecule has 3 aromatic rings. The third-order valence-corrected chi connectivity index (χ3v) is 5.98. The Bertz CT molecular complexity index is 1070. The fourth-order valence-corrected chi connectivity index (χ4v) is 4.17. The van der Waals surface area contributed by atoms with E-state index >= 15 is 0 Å². The zero-order chi connectivity index (χ0) is 22.5. The summed E-state index contributed by atoms with van der Waals surface area (Å²) in [6.45, 7) is 5.25.